The zero-order chi connectivity index (χ0) is 15.7. The van der Waals surface area contributed by atoms with Gasteiger partial charge in [-0.3, -0.25) is 14.5 Å². The van der Waals surface area contributed by atoms with Gasteiger partial charge in [-0.05, 0) is 38.9 Å². The number of rotatable bonds is 3. The van der Waals surface area contributed by atoms with Crippen LogP contribution in [0.2, 0.25) is 0 Å². The number of aromatic nitrogens is 3. The predicted molar refractivity (Wildman–Crippen MR) is 88.0 cm³/mol. The van der Waals surface area contributed by atoms with Crippen LogP contribution >= 0.6 is 12.2 Å². The zero-order valence-corrected chi connectivity index (χ0v) is 13.7. The molecule has 0 bridgehead atoms. The normalized spacial score (nSPS) is 17.9. The molecular formula is C16H20N4OS. The summed E-state index contributed by atoms with van der Waals surface area (Å²) >= 11 is 5.30. The maximum Gasteiger partial charge on any atom is 0.242 e. The van der Waals surface area contributed by atoms with Gasteiger partial charge in [0, 0.05) is 18.2 Å². The van der Waals surface area contributed by atoms with Crippen molar-refractivity contribution in [1.29, 1.82) is 0 Å². The largest absolute Gasteiger partial charge is 0.338 e. The van der Waals surface area contributed by atoms with Crippen molar-refractivity contribution in [2.24, 2.45) is 0 Å². The number of likely N-dealkylation sites (tertiary alicyclic amines) is 1. The van der Waals surface area contributed by atoms with E-state index in [-0.39, 0.29) is 12.5 Å². The molecule has 2 aromatic rings. The molecule has 0 spiro atoms. The van der Waals surface area contributed by atoms with E-state index < -0.39 is 0 Å². The van der Waals surface area contributed by atoms with Crippen LogP contribution in [0, 0.1) is 11.7 Å². The van der Waals surface area contributed by atoms with Crippen molar-refractivity contribution in [2.45, 2.75) is 39.3 Å². The van der Waals surface area contributed by atoms with Gasteiger partial charge in [-0.25, -0.2) is 0 Å². The van der Waals surface area contributed by atoms with E-state index >= 15 is 0 Å². The number of carbonyl (C=O) groups is 1. The van der Waals surface area contributed by atoms with Gasteiger partial charge in [0.15, 0.2) is 10.6 Å². The molecule has 1 aliphatic heterocycles. The molecule has 1 saturated heterocycles. The van der Waals surface area contributed by atoms with Crippen LogP contribution in [0.5, 0.6) is 0 Å². The van der Waals surface area contributed by atoms with E-state index in [1.54, 1.807) is 4.57 Å². The molecule has 1 aromatic carbocycles. The molecule has 1 amide bonds. The Labute approximate surface area is 135 Å². The molecule has 0 aliphatic carbocycles. The van der Waals surface area contributed by atoms with Crippen LogP contribution in [0.15, 0.2) is 24.3 Å². The first-order chi connectivity index (χ1) is 10.6. The summed E-state index contributed by atoms with van der Waals surface area (Å²) < 4.78 is 2.27. The topological polar surface area (TPSA) is 53.9 Å². The molecule has 1 fully saturated rings. The number of hydrogen-bond donors (Lipinski definition) is 1. The second-order valence-corrected chi connectivity index (χ2v) is 6.27. The fourth-order valence-electron chi connectivity index (χ4n) is 2.92. The van der Waals surface area contributed by atoms with Gasteiger partial charge in [0.2, 0.25) is 5.91 Å². The van der Waals surface area contributed by atoms with Gasteiger partial charge in [0.25, 0.3) is 0 Å². The third kappa shape index (κ3) is 2.83. The molecule has 1 atom stereocenters. The van der Waals surface area contributed by atoms with Gasteiger partial charge in [-0.15, -0.1) is 0 Å². The molecular weight excluding hydrogens is 296 g/mol. The lowest BCUT2D eigenvalue weighted by Crippen LogP contribution is -2.36. The Balaban J connectivity index is 1.88. The number of nitrogens with zero attached hydrogens (tertiary/aromatic N) is 3. The highest BCUT2D eigenvalue weighted by molar-refractivity contribution is 7.71. The van der Waals surface area contributed by atoms with Crippen molar-refractivity contribution in [2.75, 3.05) is 6.54 Å². The second-order valence-electron chi connectivity index (χ2n) is 5.88. The van der Waals surface area contributed by atoms with Crippen molar-refractivity contribution in [3.63, 3.8) is 0 Å². The highest BCUT2D eigenvalue weighted by Gasteiger charge is 2.26. The van der Waals surface area contributed by atoms with Gasteiger partial charge < -0.3 is 4.90 Å². The van der Waals surface area contributed by atoms with Crippen molar-refractivity contribution in [3.05, 3.63) is 34.6 Å². The molecule has 2 heterocycles. The summed E-state index contributed by atoms with van der Waals surface area (Å²) in [6.45, 7) is 5.22. The van der Waals surface area contributed by atoms with E-state index in [9.17, 15) is 4.79 Å². The number of aromatic amines is 1. The van der Waals surface area contributed by atoms with Crippen LogP contribution in [-0.2, 0) is 11.3 Å². The molecule has 3 rings (SSSR count). The lowest BCUT2D eigenvalue weighted by atomic mass is 10.1. The number of aryl methyl sites for hydroxylation is 1. The number of H-pyrrole nitrogens is 1. The fourth-order valence-corrected chi connectivity index (χ4v) is 3.11. The van der Waals surface area contributed by atoms with E-state index in [4.69, 9.17) is 12.2 Å². The van der Waals surface area contributed by atoms with E-state index in [1.807, 2.05) is 36.1 Å². The Hall–Kier alpha value is -1.95. The standard InChI is InChI=1S/C16H20N4OS/c1-11-5-7-13(8-6-11)15-17-18-16(22)20(15)10-14(21)19-9-3-4-12(19)2/h5-8,12H,3-4,9-10H2,1-2H3,(H,18,22)/t12-/m0/s1. The maximum atomic E-state index is 12.5. The van der Waals surface area contributed by atoms with Crippen LogP contribution in [0.1, 0.15) is 25.3 Å². The van der Waals surface area contributed by atoms with Crippen molar-refractivity contribution >= 4 is 18.1 Å². The average Bonchev–Trinajstić information content (AvgIpc) is 3.07. The minimum Gasteiger partial charge on any atom is -0.338 e. The van der Waals surface area contributed by atoms with Gasteiger partial charge in [-0.1, -0.05) is 29.8 Å². The number of hydrogen-bond acceptors (Lipinski definition) is 3. The van der Waals surface area contributed by atoms with Crippen molar-refractivity contribution < 1.29 is 4.79 Å². The number of amides is 1. The molecule has 6 heteroatoms. The minimum absolute atomic E-state index is 0.107. The Morgan fingerprint density at radius 1 is 1.41 bits per heavy atom. The third-order valence-corrected chi connectivity index (χ3v) is 4.55. The number of nitrogens with one attached hydrogen (secondary N) is 1. The predicted octanol–water partition coefficient (Wildman–Crippen LogP) is 2.93. The summed E-state index contributed by atoms with van der Waals surface area (Å²) in [4.78, 5) is 14.5. The van der Waals surface area contributed by atoms with Crippen molar-refractivity contribution in [1.82, 2.24) is 19.7 Å². The Bertz CT molecular complexity index is 731. The van der Waals surface area contributed by atoms with Gasteiger partial charge in [-0.2, -0.15) is 5.10 Å². The van der Waals surface area contributed by atoms with E-state index in [0.717, 1.165) is 24.9 Å². The minimum atomic E-state index is 0.107. The SMILES string of the molecule is Cc1ccc(-c2n[nH]c(=S)n2CC(=O)N2CCC[C@@H]2C)cc1. The monoisotopic (exact) mass is 316 g/mol. The van der Waals surface area contributed by atoms with E-state index in [2.05, 4.69) is 17.1 Å². The summed E-state index contributed by atoms with van der Waals surface area (Å²) in [7, 11) is 0. The number of benzene rings is 1. The van der Waals surface area contributed by atoms with Gasteiger partial charge in [0.05, 0.1) is 0 Å². The summed E-state index contributed by atoms with van der Waals surface area (Å²) in [5.41, 5.74) is 2.15. The third-order valence-electron chi connectivity index (χ3n) is 4.23. The number of carbonyl (C=O) groups excluding carboxylic acids is 1. The Morgan fingerprint density at radius 2 is 2.14 bits per heavy atom. The molecule has 0 radical (unpaired) electrons. The zero-order valence-electron chi connectivity index (χ0n) is 12.9. The molecule has 0 saturated carbocycles. The first-order valence-corrected chi connectivity index (χ1v) is 7.99. The highest BCUT2D eigenvalue weighted by atomic mass is 32.1. The maximum absolute atomic E-state index is 12.5. The average molecular weight is 316 g/mol. The molecule has 1 N–H and O–H groups in total. The molecule has 116 valence electrons. The van der Waals surface area contributed by atoms with E-state index in [1.165, 1.54) is 5.56 Å². The summed E-state index contributed by atoms with van der Waals surface area (Å²) in [6, 6.07) is 8.37. The first-order valence-electron chi connectivity index (χ1n) is 7.58. The van der Waals surface area contributed by atoms with Crippen LogP contribution in [0.3, 0.4) is 0 Å². The smallest absolute Gasteiger partial charge is 0.242 e. The molecule has 0 unspecified atom stereocenters. The summed E-state index contributed by atoms with van der Waals surface area (Å²) in [5, 5.41) is 7.09. The molecule has 1 aromatic heterocycles. The Kier molecular flexibility index (Phi) is 4.11. The first kappa shape index (κ1) is 15.0. The lowest BCUT2D eigenvalue weighted by Gasteiger charge is -2.21. The van der Waals surface area contributed by atoms with Crippen LogP contribution < -0.4 is 0 Å². The van der Waals surface area contributed by atoms with Crippen LogP contribution in [0.25, 0.3) is 11.4 Å². The molecule has 5 nitrogen and oxygen atoms in total. The van der Waals surface area contributed by atoms with E-state index in [0.29, 0.717) is 16.6 Å². The van der Waals surface area contributed by atoms with Crippen LogP contribution in [0.4, 0.5) is 0 Å². The fraction of sp³-hybridized carbons (Fsp3) is 0.438. The van der Waals surface area contributed by atoms with Gasteiger partial charge in [0.1, 0.15) is 6.54 Å². The highest BCUT2D eigenvalue weighted by Crippen LogP contribution is 2.20. The van der Waals surface area contributed by atoms with Crippen molar-refractivity contribution in [3.8, 4) is 11.4 Å². The molecule has 1 aliphatic rings. The summed E-state index contributed by atoms with van der Waals surface area (Å²) in [6.07, 6.45) is 2.15. The lowest BCUT2D eigenvalue weighted by molar-refractivity contribution is -0.132. The van der Waals surface area contributed by atoms with Gasteiger partial charge >= 0.3 is 0 Å². The quantitative estimate of drug-likeness (QED) is 0.886. The Morgan fingerprint density at radius 3 is 2.77 bits per heavy atom. The second kappa shape index (κ2) is 6.04. The van der Waals surface area contributed by atoms with Crippen LogP contribution in [-0.4, -0.2) is 38.2 Å². The summed E-state index contributed by atoms with van der Waals surface area (Å²) in [5.74, 6) is 0.820. The molecule has 22 heavy (non-hydrogen) atoms.